The van der Waals surface area contributed by atoms with Crippen LogP contribution in [0.1, 0.15) is 30.0 Å². The number of thiazole rings is 1. The summed E-state index contributed by atoms with van der Waals surface area (Å²) in [6.07, 6.45) is 4.12. The quantitative estimate of drug-likeness (QED) is 0.592. The highest BCUT2D eigenvalue weighted by atomic mass is 32.1. The number of benzene rings is 1. The maximum absolute atomic E-state index is 13.2. The van der Waals surface area contributed by atoms with E-state index in [1.54, 1.807) is 24.2 Å². The SMILES string of the molecule is CC(=O)N1CCC(c2nc(-c3ccncc3)cs2)N(C(=O)COc2ccccc2C)CC1. The molecule has 0 radical (unpaired) electrons. The van der Waals surface area contributed by atoms with E-state index < -0.39 is 0 Å². The lowest BCUT2D eigenvalue weighted by Crippen LogP contribution is -2.40. The van der Waals surface area contributed by atoms with Gasteiger partial charge < -0.3 is 14.5 Å². The molecule has 7 nitrogen and oxygen atoms in total. The first kappa shape index (κ1) is 22.0. The normalized spacial score (nSPS) is 16.5. The summed E-state index contributed by atoms with van der Waals surface area (Å²) in [5.74, 6) is 0.613. The molecule has 1 aliphatic rings. The van der Waals surface area contributed by atoms with Crippen LogP contribution < -0.4 is 4.74 Å². The van der Waals surface area contributed by atoms with E-state index in [4.69, 9.17) is 9.72 Å². The van der Waals surface area contributed by atoms with Gasteiger partial charge >= 0.3 is 0 Å². The van der Waals surface area contributed by atoms with Crippen LogP contribution in [0.15, 0.2) is 54.2 Å². The van der Waals surface area contributed by atoms with Gasteiger partial charge in [-0.25, -0.2) is 4.98 Å². The van der Waals surface area contributed by atoms with E-state index in [9.17, 15) is 9.59 Å². The Morgan fingerprint density at radius 3 is 2.66 bits per heavy atom. The number of aryl methyl sites for hydroxylation is 1. The molecule has 4 rings (SSSR count). The molecule has 1 saturated heterocycles. The molecule has 1 unspecified atom stereocenters. The van der Waals surface area contributed by atoms with Gasteiger partial charge in [-0.3, -0.25) is 14.6 Å². The minimum absolute atomic E-state index is 0.0193. The fourth-order valence-electron chi connectivity index (χ4n) is 3.84. The third kappa shape index (κ3) is 4.96. The molecule has 1 fully saturated rings. The van der Waals surface area contributed by atoms with Gasteiger partial charge in [0.15, 0.2) is 6.61 Å². The van der Waals surface area contributed by atoms with Gasteiger partial charge in [0.05, 0.1) is 11.7 Å². The van der Waals surface area contributed by atoms with Crippen molar-refractivity contribution in [1.29, 1.82) is 0 Å². The largest absolute Gasteiger partial charge is 0.484 e. The second kappa shape index (κ2) is 9.91. The number of amides is 2. The smallest absolute Gasteiger partial charge is 0.261 e. The van der Waals surface area contributed by atoms with E-state index in [-0.39, 0.29) is 24.5 Å². The van der Waals surface area contributed by atoms with Crippen molar-refractivity contribution in [2.75, 3.05) is 26.2 Å². The minimum atomic E-state index is -0.201. The maximum atomic E-state index is 13.2. The van der Waals surface area contributed by atoms with Crippen molar-refractivity contribution in [2.24, 2.45) is 0 Å². The second-order valence-electron chi connectivity index (χ2n) is 7.76. The van der Waals surface area contributed by atoms with Crippen LogP contribution in [-0.2, 0) is 9.59 Å². The molecule has 0 bridgehead atoms. The zero-order valence-electron chi connectivity index (χ0n) is 18.2. The highest BCUT2D eigenvalue weighted by Crippen LogP contribution is 2.32. The molecule has 166 valence electrons. The highest BCUT2D eigenvalue weighted by Gasteiger charge is 2.32. The minimum Gasteiger partial charge on any atom is -0.484 e. The Morgan fingerprint density at radius 2 is 1.91 bits per heavy atom. The fourth-order valence-corrected chi connectivity index (χ4v) is 4.81. The predicted molar refractivity (Wildman–Crippen MR) is 123 cm³/mol. The van der Waals surface area contributed by atoms with Crippen LogP contribution in [0.4, 0.5) is 0 Å². The number of para-hydroxylation sites is 1. The fraction of sp³-hybridized carbons (Fsp3) is 0.333. The Balaban J connectivity index is 1.56. The van der Waals surface area contributed by atoms with Crippen molar-refractivity contribution in [3.8, 4) is 17.0 Å². The maximum Gasteiger partial charge on any atom is 0.261 e. The summed E-state index contributed by atoms with van der Waals surface area (Å²) in [6.45, 7) is 5.01. The number of carbonyl (C=O) groups excluding carboxylic acids is 2. The van der Waals surface area contributed by atoms with Gasteiger partial charge in [0.25, 0.3) is 5.91 Å². The first-order valence-corrected chi connectivity index (χ1v) is 11.5. The van der Waals surface area contributed by atoms with Crippen LogP contribution in [-0.4, -0.2) is 57.8 Å². The second-order valence-corrected chi connectivity index (χ2v) is 8.65. The average Bonchev–Trinajstić information content (AvgIpc) is 3.18. The Labute approximate surface area is 191 Å². The van der Waals surface area contributed by atoms with Gasteiger partial charge in [0, 0.05) is 49.9 Å². The summed E-state index contributed by atoms with van der Waals surface area (Å²) in [5, 5.41) is 2.87. The average molecular weight is 451 g/mol. The summed E-state index contributed by atoms with van der Waals surface area (Å²) in [6, 6.07) is 11.3. The topological polar surface area (TPSA) is 75.6 Å². The molecule has 0 aliphatic carbocycles. The Kier molecular flexibility index (Phi) is 6.80. The Morgan fingerprint density at radius 1 is 1.12 bits per heavy atom. The van der Waals surface area contributed by atoms with Gasteiger partial charge in [-0.2, -0.15) is 0 Å². The molecule has 8 heteroatoms. The number of ether oxygens (including phenoxy) is 1. The van der Waals surface area contributed by atoms with Crippen LogP contribution in [0, 0.1) is 6.92 Å². The lowest BCUT2D eigenvalue weighted by atomic mass is 10.1. The summed E-state index contributed by atoms with van der Waals surface area (Å²) in [5.41, 5.74) is 2.84. The van der Waals surface area contributed by atoms with Crippen molar-refractivity contribution in [3.05, 3.63) is 64.7 Å². The monoisotopic (exact) mass is 450 g/mol. The number of pyridine rings is 1. The summed E-state index contributed by atoms with van der Waals surface area (Å²) in [4.78, 5) is 37.7. The van der Waals surface area contributed by atoms with Gasteiger partial charge in [-0.1, -0.05) is 18.2 Å². The molecule has 1 aromatic carbocycles. The van der Waals surface area contributed by atoms with Crippen molar-refractivity contribution in [2.45, 2.75) is 26.3 Å². The molecule has 0 N–H and O–H groups in total. The lowest BCUT2D eigenvalue weighted by Gasteiger charge is -2.28. The molecule has 0 saturated carbocycles. The first-order chi connectivity index (χ1) is 15.5. The number of nitrogens with zero attached hydrogens (tertiary/aromatic N) is 4. The van der Waals surface area contributed by atoms with E-state index in [2.05, 4.69) is 4.98 Å². The Hall–Kier alpha value is -3.26. The van der Waals surface area contributed by atoms with E-state index in [1.807, 2.05) is 53.6 Å². The van der Waals surface area contributed by atoms with Crippen LogP contribution in [0.25, 0.3) is 11.3 Å². The van der Waals surface area contributed by atoms with Crippen LogP contribution in [0.5, 0.6) is 5.75 Å². The number of carbonyl (C=O) groups is 2. The third-order valence-corrected chi connectivity index (χ3v) is 6.60. The van der Waals surface area contributed by atoms with Gasteiger partial charge in [0.2, 0.25) is 5.91 Å². The highest BCUT2D eigenvalue weighted by molar-refractivity contribution is 7.10. The summed E-state index contributed by atoms with van der Waals surface area (Å²) < 4.78 is 5.83. The Bertz CT molecular complexity index is 1090. The molecule has 1 aliphatic heterocycles. The number of rotatable bonds is 5. The number of aromatic nitrogens is 2. The third-order valence-electron chi connectivity index (χ3n) is 5.65. The first-order valence-electron chi connectivity index (χ1n) is 10.6. The number of hydrogen-bond donors (Lipinski definition) is 0. The van der Waals surface area contributed by atoms with Crippen molar-refractivity contribution in [1.82, 2.24) is 19.8 Å². The zero-order valence-corrected chi connectivity index (χ0v) is 19.0. The molecular formula is C24H26N4O3S. The van der Waals surface area contributed by atoms with Crippen LogP contribution in [0.3, 0.4) is 0 Å². The van der Waals surface area contributed by atoms with Crippen molar-refractivity contribution >= 4 is 23.2 Å². The standard InChI is InChI=1S/C24H26N4O3S/c1-17-5-3-4-6-22(17)31-15-23(30)28-14-13-27(18(2)29)12-9-21(28)24-26-20(16-32-24)19-7-10-25-11-8-19/h3-8,10-11,16,21H,9,12-15H2,1-2H3. The van der Waals surface area contributed by atoms with Crippen LogP contribution in [0.2, 0.25) is 0 Å². The van der Waals surface area contributed by atoms with E-state index in [0.717, 1.165) is 21.8 Å². The van der Waals surface area contributed by atoms with Crippen molar-refractivity contribution < 1.29 is 14.3 Å². The zero-order chi connectivity index (χ0) is 22.5. The molecule has 32 heavy (non-hydrogen) atoms. The van der Waals surface area contributed by atoms with Gasteiger partial charge in [-0.05, 0) is 37.1 Å². The van der Waals surface area contributed by atoms with Crippen LogP contribution >= 0.6 is 11.3 Å². The molecular weight excluding hydrogens is 424 g/mol. The van der Waals surface area contributed by atoms with E-state index >= 15 is 0 Å². The predicted octanol–water partition coefficient (Wildman–Crippen LogP) is 3.71. The molecule has 1 atom stereocenters. The molecule has 0 spiro atoms. The van der Waals surface area contributed by atoms with E-state index in [0.29, 0.717) is 31.8 Å². The van der Waals surface area contributed by atoms with E-state index in [1.165, 1.54) is 11.3 Å². The van der Waals surface area contributed by atoms with Gasteiger partial charge in [-0.15, -0.1) is 11.3 Å². The molecule has 2 aromatic heterocycles. The lowest BCUT2D eigenvalue weighted by molar-refractivity contribution is -0.136. The molecule has 2 amide bonds. The van der Waals surface area contributed by atoms with Crippen molar-refractivity contribution in [3.63, 3.8) is 0 Å². The molecule has 3 aromatic rings. The summed E-state index contributed by atoms with van der Waals surface area (Å²) in [7, 11) is 0. The van der Waals surface area contributed by atoms with Gasteiger partial charge in [0.1, 0.15) is 10.8 Å². The number of hydrogen-bond acceptors (Lipinski definition) is 6. The summed E-state index contributed by atoms with van der Waals surface area (Å²) >= 11 is 1.54. The molecule has 3 heterocycles.